The van der Waals surface area contributed by atoms with E-state index in [4.69, 9.17) is 16.3 Å². The molecule has 1 fully saturated rings. The van der Waals surface area contributed by atoms with Crippen molar-refractivity contribution in [2.45, 2.75) is 37.6 Å². The smallest absolute Gasteiger partial charge is 0.381 e. The third kappa shape index (κ3) is 3.20. The number of ether oxygens (including phenoxy) is 1. The molecule has 0 bridgehead atoms. The zero-order chi connectivity index (χ0) is 17.6. The van der Waals surface area contributed by atoms with Gasteiger partial charge in [-0.05, 0) is 43.5 Å². The van der Waals surface area contributed by atoms with Gasteiger partial charge in [0.05, 0.1) is 11.7 Å². The first kappa shape index (κ1) is 17.0. The minimum absolute atomic E-state index is 0.131. The van der Waals surface area contributed by atoms with Crippen LogP contribution in [0.5, 0.6) is 0 Å². The highest BCUT2D eigenvalue weighted by molar-refractivity contribution is 6.31. The minimum atomic E-state index is -4.34. The number of halogens is 4. The number of hydrogen-bond donors (Lipinski definition) is 1. The van der Waals surface area contributed by atoms with E-state index in [2.05, 4.69) is 11.4 Å². The average molecular weight is 370 g/mol. The summed E-state index contributed by atoms with van der Waals surface area (Å²) in [6, 6.07) is 4.05. The first-order chi connectivity index (χ1) is 11.9. The Morgan fingerprint density at radius 2 is 2.08 bits per heavy atom. The van der Waals surface area contributed by atoms with Gasteiger partial charge < -0.3 is 10.1 Å². The lowest BCUT2D eigenvalue weighted by molar-refractivity contribution is -0.137. The summed E-state index contributed by atoms with van der Waals surface area (Å²) in [5, 5.41) is 4.22. The molecule has 1 unspecified atom stereocenters. The minimum Gasteiger partial charge on any atom is -0.381 e. The molecular weight excluding hydrogens is 351 g/mol. The zero-order valence-corrected chi connectivity index (χ0v) is 14.3. The highest BCUT2D eigenvalue weighted by Gasteiger charge is 2.43. The van der Waals surface area contributed by atoms with Gasteiger partial charge in [0.1, 0.15) is 0 Å². The molecule has 1 saturated heterocycles. The number of nitrogens with one attached hydrogen (secondary N) is 1. The van der Waals surface area contributed by atoms with E-state index in [1.807, 2.05) is 12.2 Å². The summed E-state index contributed by atoms with van der Waals surface area (Å²) < 4.78 is 45.2. The quantitative estimate of drug-likeness (QED) is 0.689. The van der Waals surface area contributed by atoms with Crippen molar-refractivity contribution < 1.29 is 17.9 Å². The molecule has 0 spiro atoms. The molecule has 1 aromatic rings. The summed E-state index contributed by atoms with van der Waals surface area (Å²) in [4.78, 5) is 0. The highest BCUT2D eigenvalue weighted by Crippen LogP contribution is 2.48. The Kier molecular flexibility index (Phi) is 4.32. The molecule has 1 N–H and O–H groups in total. The molecule has 1 aliphatic carbocycles. The number of hydrogen-bond acceptors (Lipinski definition) is 2. The molecule has 1 aromatic carbocycles. The van der Waals surface area contributed by atoms with E-state index in [1.54, 1.807) is 0 Å². The number of benzene rings is 1. The summed E-state index contributed by atoms with van der Waals surface area (Å²) in [6.45, 7) is 0.593. The third-order valence-corrected chi connectivity index (χ3v) is 5.67. The van der Waals surface area contributed by atoms with Crippen molar-refractivity contribution in [2.75, 3.05) is 11.9 Å². The number of fused-ring (bicyclic) bond motifs is 3. The molecule has 2 heterocycles. The Morgan fingerprint density at radius 1 is 1.24 bits per heavy atom. The van der Waals surface area contributed by atoms with Crippen LogP contribution in [-0.4, -0.2) is 12.6 Å². The van der Waals surface area contributed by atoms with Gasteiger partial charge in [0, 0.05) is 40.8 Å². The van der Waals surface area contributed by atoms with E-state index in [0.29, 0.717) is 12.2 Å². The molecule has 25 heavy (non-hydrogen) atoms. The van der Waals surface area contributed by atoms with E-state index in [0.717, 1.165) is 36.0 Å². The Bertz CT molecular complexity index is 728. The molecule has 2 nitrogen and oxygen atoms in total. The van der Waals surface area contributed by atoms with Crippen molar-refractivity contribution in [3.63, 3.8) is 0 Å². The predicted molar refractivity (Wildman–Crippen MR) is 91.5 cm³/mol. The third-order valence-electron chi connectivity index (χ3n) is 5.39. The fraction of sp³-hybridized carbons (Fsp3) is 0.474. The monoisotopic (exact) mass is 369 g/mol. The largest absolute Gasteiger partial charge is 0.416 e. The number of anilines is 1. The van der Waals surface area contributed by atoms with Crippen LogP contribution >= 0.6 is 11.6 Å². The molecule has 6 heteroatoms. The lowest BCUT2D eigenvalue weighted by Crippen LogP contribution is -2.45. The molecule has 2 aliphatic heterocycles. The maximum atomic E-state index is 13.1. The first-order valence-electron chi connectivity index (χ1n) is 8.56. The van der Waals surface area contributed by atoms with E-state index in [1.165, 1.54) is 12.1 Å². The maximum absolute atomic E-state index is 13.1. The van der Waals surface area contributed by atoms with E-state index < -0.39 is 11.7 Å². The topological polar surface area (TPSA) is 21.3 Å². The van der Waals surface area contributed by atoms with Crippen molar-refractivity contribution in [1.29, 1.82) is 0 Å². The summed E-state index contributed by atoms with van der Waals surface area (Å²) in [5.41, 5.74) is 0.756. The van der Waals surface area contributed by atoms with E-state index >= 15 is 0 Å². The Morgan fingerprint density at radius 3 is 2.80 bits per heavy atom. The van der Waals surface area contributed by atoms with Crippen LogP contribution in [-0.2, 0) is 10.9 Å². The van der Waals surface area contributed by atoms with Crippen LogP contribution in [0.15, 0.2) is 41.5 Å². The molecule has 3 aliphatic rings. The molecule has 0 radical (unpaired) electrons. The van der Waals surface area contributed by atoms with Crippen molar-refractivity contribution in [3.8, 4) is 0 Å². The lowest BCUT2D eigenvalue weighted by atomic mass is 9.73. The van der Waals surface area contributed by atoms with Gasteiger partial charge in [0.15, 0.2) is 0 Å². The van der Waals surface area contributed by atoms with Crippen molar-refractivity contribution in [3.05, 3.63) is 52.6 Å². The lowest BCUT2D eigenvalue weighted by Gasteiger charge is -2.46. The average Bonchev–Trinajstić information content (AvgIpc) is 2.60. The van der Waals surface area contributed by atoms with Crippen molar-refractivity contribution in [1.82, 2.24) is 0 Å². The van der Waals surface area contributed by atoms with Gasteiger partial charge in [-0.3, -0.25) is 0 Å². The van der Waals surface area contributed by atoms with Crippen LogP contribution in [0, 0.1) is 11.8 Å². The Balaban J connectivity index is 1.69. The normalized spacial score (nSPS) is 31.6. The molecule has 0 saturated carbocycles. The number of rotatable bonds is 1. The molecular formula is C19H19ClF3NO. The SMILES string of the molecule is FC(F)(F)c1ccc2c(c1)[C@H]1OCCC[C@H]1[C@H](C1C=CC(Cl)=CC1)N2. The summed E-state index contributed by atoms with van der Waals surface area (Å²) in [7, 11) is 0. The van der Waals surface area contributed by atoms with Crippen LogP contribution in [0.2, 0.25) is 0 Å². The fourth-order valence-corrected chi connectivity index (χ4v) is 4.35. The predicted octanol–water partition coefficient (Wildman–Crippen LogP) is 5.67. The fourth-order valence-electron chi connectivity index (χ4n) is 4.19. The molecule has 4 atom stereocenters. The number of alkyl halides is 3. The summed E-state index contributed by atoms with van der Waals surface area (Å²) in [6.07, 6.45) is 4.07. The van der Waals surface area contributed by atoms with Crippen LogP contribution in [0.4, 0.5) is 18.9 Å². The first-order valence-corrected chi connectivity index (χ1v) is 8.94. The Hall–Kier alpha value is -1.46. The van der Waals surface area contributed by atoms with Gasteiger partial charge in [-0.1, -0.05) is 23.8 Å². The van der Waals surface area contributed by atoms with Gasteiger partial charge in [0.2, 0.25) is 0 Å². The zero-order valence-electron chi connectivity index (χ0n) is 13.5. The standard InChI is InChI=1S/C19H19ClF3NO/c20-13-6-3-11(4-7-13)17-14-2-1-9-25-18(14)15-10-12(19(21,22)23)5-8-16(15)24-17/h3,5-8,10-11,14,17-18,24H,1-2,4,9H2/t11?,14-,17-,18-/m0/s1. The molecule has 0 aromatic heterocycles. The van der Waals surface area contributed by atoms with Gasteiger partial charge in [-0.25, -0.2) is 0 Å². The van der Waals surface area contributed by atoms with Crippen molar-refractivity contribution in [2.24, 2.45) is 11.8 Å². The van der Waals surface area contributed by atoms with Crippen LogP contribution in [0.25, 0.3) is 0 Å². The molecule has 0 amide bonds. The van der Waals surface area contributed by atoms with Crippen LogP contribution in [0.3, 0.4) is 0 Å². The van der Waals surface area contributed by atoms with Crippen molar-refractivity contribution >= 4 is 17.3 Å². The Labute approximate surface area is 149 Å². The van der Waals surface area contributed by atoms with Crippen LogP contribution < -0.4 is 5.32 Å². The summed E-state index contributed by atoms with van der Waals surface area (Å²) in [5.74, 6) is 0.414. The van der Waals surface area contributed by atoms with Gasteiger partial charge in [0.25, 0.3) is 0 Å². The van der Waals surface area contributed by atoms with Gasteiger partial charge in [-0.2, -0.15) is 13.2 Å². The van der Waals surface area contributed by atoms with Crippen LogP contribution in [0.1, 0.15) is 36.5 Å². The molecule has 134 valence electrons. The number of allylic oxidation sites excluding steroid dienone is 3. The highest BCUT2D eigenvalue weighted by atomic mass is 35.5. The van der Waals surface area contributed by atoms with Gasteiger partial charge >= 0.3 is 6.18 Å². The summed E-state index contributed by atoms with van der Waals surface area (Å²) >= 11 is 6.02. The second-order valence-electron chi connectivity index (χ2n) is 6.92. The van der Waals surface area contributed by atoms with E-state index in [9.17, 15) is 13.2 Å². The maximum Gasteiger partial charge on any atom is 0.416 e. The van der Waals surface area contributed by atoms with Gasteiger partial charge in [-0.15, -0.1) is 0 Å². The second-order valence-corrected chi connectivity index (χ2v) is 7.35. The van der Waals surface area contributed by atoms with E-state index in [-0.39, 0.29) is 24.0 Å². The molecule has 4 rings (SSSR count). The second kappa shape index (κ2) is 6.36.